The van der Waals surface area contributed by atoms with Crippen molar-refractivity contribution in [1.82, 2.24) is 9.38 Å². The fraction of sp³-hybridized carbons (Fsp3) is 0.267. The molecule has 0 atom stereocenters. The summed E-state index contributed by atoms with van der Waals surface area (Å²) in [4.78, 5) is 7.75. The molecule has 0 saturated heterocycles. The molecule has 0 amide bonds. The third kappa shape index (κ3) is 1.99. The lowest BCUT2D eigenvalue weighted by Gasteiger charge is -2.23. The van der Waals surface area contributed by atoms with Crippen molar-refractivity contribution in [1.29, 1.82) is 0 Å². The second kappa shape index (κ2) is 5.26. The van der Waals surface area contributed by atoms with Gasteiger partial charge >= 0.3 is 0 Å². The van der Waals surface area contributed by atoms with Gasteiger partial charge in [-0.15, -0.1) is 11.3 Å². The number of aryl methyl sites for hydroxylation is 1. The fourth-order valence-electron chi connectivity index (χ4n) is 2.48. The van der Waals surface area contributed by atoms with Crippen LogP contribution in [-0.2, 0) is 6.61 Å². The number of thiazole rings is 1. The van der Waals surface area contributed by atoms with E-state index in [2.05, 4.69) is 35.9 Å². The molecule has 1 N–H and O–H groups in total. The van der Waals surface area contributed by atoms with E-state index >= 15 is 0 Å². The first-order valence-corrected chi connectivity index (χ1v) is 7.52. The zero-order valence-electron chi connectivity index (χ0n) is 11.6. The molecule has 3 rings (SSSR count). The van der Waals surface area contributed by atoms with Crippen molar-refractivity contribution < 1.29 is 5.11 Å². The Labute approximate surface area is 121 Å². The molecule has 2 aromatic heterocycles. The summed E-state index contributed by atoms with van der Waals surface area (Å²) in [6.07, 6.45) is 1.95. The smallest absolute Gasteiger partial charge is 0.195 e. The summed E-state index contributed by atoms with van der Waals surface area (Å²) < 4.78 is 1.96. The van der Waals surface area contributed by atoms with Gasteiger partial charge in [0.2, 0.25) is 0 Å². The zero-order chi connectivity index (χ0) is 14.1. The molecule has 4 nitrogen and oxygen atoms in total. The van der Waals surface area contributed by atoms with Gasteiger partial charge in [-0.1, -0.05) is 18.2 Å². The molecule has 0 aliphatic carbocycles. The molecule has 5 heteroatoms. The number of aromatic nitrogens is 2. The van der Waals surface area contributed by atoms with Crippen molar-refractivity contribution in [3.8, 4) is 0 Å². The third-order valence-corrected chi connectivity index (χ3v) is 4.22. The molecule has 0 spiro atoms. The molecule has 0 saturated carbocycles. The normalized spacial score (nSPS) is 11.2. The van der Waals surface area contributed by atoms with Gasteiger partial charge in [-0.25, -0.2) is 4.98 Å². The lowest BCUT2D eigenvalue weighted by Crippen LogP contribution is -2.19. The molecule has 0 unspecified atom stereocenters. The van der Waals surface area contributed by atoms with Crippen molar-refractivity contribution in [2.45, 2.75) is 20.5 Å². The van der Waals surface area contributed by atoms with Crippen LogP contribution in [0.1, 0.15) is 18.2 Å². The van der Waals surface area contributed by atoms with Crippen LogP contribution in [0.15, 0.2) is 35.8 Å². The van der Waals surface area contributed by atoms with Gasteiger partial charge in [0.25, 0.3) is 0 Å². The number of rotatable bonds is 4. The lowest BCUT2D eigenvalue weighted by atomic mass is 10.2. The maximum absolute atomic E-state index is 9.70. The summed E-state index contributed by atoms with van der Waals surface area (Å²) in [6.45, 7) is 4.98. The van der Waals surface area contributed by atoms with E-state index in [-0.39, 0.29) is 6.61 Å². The number of fused-ring (bicyclic) bond motifs is 1. The van der Waals surface area contributed by atoms with E-state index in [1.54, 1.807) is 11.3 Å². The van der Waals surface area contributed by atoms with Crippen molar-refractivity contribution in [2.75, 3.05) is 11.4 Å². The maximum Gasteiger partial charge on any atom is 0.195 e. The molecule has 0 fully saturated rings. The van der Waals surface area contributed by atoms with Crippen LogP contribution in [0.3, 0.4) is 0 Å². The number of hydrogen-bond donors (Lipinski definition) is 1. The Bertz CT molecular complexity index is 732. The molecule has 2 heterocycles. The summed E-state index contributed by atoms with van der Waals surface area (Å²) in [7, 11) is 0. The highest BCUT2D eigenvalue weighted by atomic mass is 32.1. The van der Waals surface area contributed by atoms with E-state index in [1.807, 2.05) is 28.1 Å². The average molecular weight is 287 g/mol. The molecular formula is C15H17N3OS. The van der Waals surface area contributed by atoms with Crippen LogP contribution in [0.4, 0.5) is 11.5 Å². The zero-order valence-corrected chi connectivity index (χ0v) is 12.4. The van der Waals surface area contributed by atoms with E-state index < -0.39 is 0 Å². The van der Waals surface area contributed by atoms with Gasteiger partial charge in [0.15, 0.2) is 10.8 Å². The van der Waals surface area contributed by atoms with E-state index in [4.69, 9.17) is 0 Å². The Morgan fingerprint density at radius 1 is 1.35 bits per heavy atom. The third-order valence-electron chi connectivity index (χ3n) is 3.47. The van der Waals surface area contributed by atoms with E-state index in [0.717, 1.165) is 28.7 Å². The molecule has 0 aliphatic rings. The van der Waals surface area contributed by atoms with Crippen LogP contribution in [-0.4, -0.2) is 21.0 Å². The number of benzene rings is 1. The largest absolute Gasteiger partial charge is 0.390 e. The Hall–Kier alpha value is -1.85. The average Bonchev–Trinajstić information content (AvgIpc) is 3.02. The van der Waals surface area contributed by atoms with E-state index in [0.29, 0.717) is 0 Å². The molecule has 1 aromatic carbocycles. The highest BCUT2D eigenvalue weighted by Gasteiger charge is 2.19. The minimum Gasteiger partial charge on any atom is -0.390 e. The van der Waals surface area contributed by atoms with Crippen LogP contribution in [0.5, 0.6) is 0 Å². The minimum absolute atomic E-state index is 0.0182. The van der Waals surface area contributed by atoms with Gasteiger partial charge in [-0.2, -0.15) is 0 Å². The van der Waals surface area contributed by atoms with Crippen molar-refractivity contribution in [2.24, 2.45) is 0 Å². The van der Waals surface area contributed by atoms with Crippen molar-refractivity contribution in [3.05, 3.63) is 47.1 Å². The Balaban J connectivity index is 2.16. The van der Waals surface area contributed by atoms with Gasteiger partial charge in [0.05, 0.1) is 12.3 Å². The number of nitrogens with zero attached hydrogens (tertiary/aromatic N) is 3. The van der Waals surface area contributed by atoms with Gasteiger partial charge in [-0.3, -0.25) is 4.40 Å². The number of hydrogen-bond acceptors (Lipinski definition) is 4. The van der Waals surface area contributed by atoms with Crippen LogP contribution < -0.4 is 4.90 Å². The monoisotopic (exact) mass is 287 g/mol. The first-order valence-electron chi connectivity index (χ1n) is 6.64. The molecule has 3 aromatic rings. The highest BCUT2D eigenvalue weighted by molar-refractivity contribution is 7.15. The first kappa shape index (κ1) is 13.1. The summed E-state index contributed by atoms with van der Waals surface area (Å²) in [5.74, 6) is 0.844. The number of aliphatic hydroxyl groups excluding tert-OH is 1. The summed E-state index contributed by atoms with van der Waals surface area (Å²) in [5.41, 5.74) is 3.18. The van der Waals surface area contributed by atoms with Crippen LogP contribution in [0, 0.1) is 6.92 Å². The number of para-hydroxylation sites is 1. The highest BCUT2D eigenvalue weighted by Crippen LogP contribution is 2.31. The van der Waals surface area contributed by atoms with Gasteiger partial charge in [0.1, 0.15) is 0 Å². The SMILES string of the molecule is CCN(c1ccccc1C)c1nc2sccn2c1CO. The number of aliphatic hydroxyl groups is 1. The first-order chi connectivity index (χ1) is 9.76. The standard InChI is InChI=1S/C15H17N3OS/c1-3-17(12-7-5-4-6-11(12)2)14-13(10-19)18-8-9-20-15(18)16-14/h4-9,19H,3,10H2,1-2H3. The van der Waals surface area contributed by atoms with Crippen molar-refractivity contribution >= 4 is 27.8 Å². The van der Waals surface area contributed by atoms with E-state index in [9.17, 15) is 5.11 Å². The summed E-state index contributed by atoms with van der Waals surface area (Å²) in [5, 5.41) is 11.7. The molecule has 0 radical (unpaired) electrons. The van der Waals surface area contributed by atoms with E-state index in [1.165, 1.54) is 5.56 Å². The summed E-state index contributed by atoms with van der Waals surface area (Å²) >= 11 is 1.58. The molecule has 104 valence electrons. The van der Waals surface area contributed by atoms with Gasteiger partial charge in [0, 0.05) is 23.8 Å². The molecular weight excluding hydrogens is 270 g/mol. The number of anilines is 2. The van der Waals surface area contributed by atoms with Gasteiger partial charge < -0.3 is 10.0 Å². The Kier molecular flexibility index (Phi) is 3.46. The van der Waals surface area contributed by atoms with Gasteiger partial charge in [-0.05, 0) is 25.5 Å². The summed E-state index contributed by atoms with van der Waals surface area (Å²) in [6, 6.07) is 8.25. The second-order valence-corrected chi connectivity index (χ2v) is 5.50. The van der Waals surface area contributed by atoms with Crippen LogP contribution in [0.2, 0.25) is 0 Å². The molecule has 20 heavy (non-hydrogen) atoms. The Morgan fingerprint density at radius 2 is 2.15 bits per heavy atom. The maximum atomic E-state index is 9.70. The fourth-order valence-corrected chi connectivity index (χ4v) is 3.21. The topological polar surface area (TPSA) is 40.8 Å². The lowest BCUT2D eigenvalue weighted by molar-refractivity contribution is 0.276. The van der Waals surface area contributed by atoms with Crippen LogP contribution in [0.25, 0.3) is 4.96 Å². The van der Waals surface area contributed by atoms with Crippen molar-refractivity contribution in [3.63, 3.8) is 0 Å². The molecule has 0 bridgehead atoms. The molecule has 0 aliphatic heterocycles. The Morgan fingerprint density at radius 3 is 2.85 bits per heavy atom. The predicted molar refractivity (Wildman–Crippen MR) is 82.9 cm³/mol. The second-order valence-electron chi connectivity index (χ2n) is 4.63. The predicted octanol–water partition coefficient (Wildman–Crippen LogP) is 3.35. The quantitative estimate of drug-likeness (QED) is 0.800. The minimum atomic E-state index is -0.0182. The van der Waals surface area contributed by atoms with Crippen LogP contribution >= 0.6 is 11.3 Å². The number of imidazole rings is 1.